The number of pyridine rings is 1. The van der Waals surface area contributed by atoms with E-state index in [0.717, 1.165) is 24.0 Å². The van der Waals surface area contributed by atoms with E-state index in [2.05, 4.69) is 20.9 Å². The molecule has 0 atom stereocenters. The molecule has 4 heteroatoms. The maximum Gasteiger partial charge on any atom is 0.191 e. The molecule has 1 fully saturated rings. The van der Waals surface area contributed by atoms with Gasteiger partial charge in [-0.3, -0.25) is 4.98 Å². The lowest BCUT2D eigenvalue weighted by Crippen LogP contribution is -2.40. The minimum absolute atomic E-state index is 0.616. The topological polar surface area (TPSA) is 54.5 Å². The fourth-order valence-electron chi connectivity index (χ4n) is 2.68. The second-order valence-corrected chi connectivity index (χ2v) is 5.21. The Morgan fingerprint density at radius 3 is 2.80 bits per heavy atom. The molecule has 0 unspecified atom stereocenters. The predicted octanol–water partition coefficient (Wildman–Crippen LogP) is 2.54. The molecule has 1 aromatic heterocycles. The van der Waals surface area contributed by atoms with Gasteiger partial charge in [0.1, 0.15) is 0 Å². The van der Waals surface area contributed by atoms with Gasteiger partial charge < -0.3 is 10.6 Å². The van der Waals surface area contributed by atoms with Gasteiger partial charge in [-0.05, 0) is 37.0 Å². The highest BCUT2D eigenvalue weighted by Gasteiger charge is 2.11. The van der Waals surface area contributed by atoms with Crippen molar-refractivity contribution in [1.29, 1.82) is 0 Å². The van der Waals surface area contributed by atoms with Crippen LogP contribution in [0.3, 0.4) is 0 Å². The van der Waals surface area contributed by atoms with Crippen molar-refractivity contribution in [3.63, 3.8) is 0 Å². The van der Waals surface area contributed by atoms with Crippen LogP contribution >= 0.6 is 0 Å². The van der Waals surface area contributed by atoms with Crippen molar-refractivity contribution in [2.24, 2.45) is 10.7 Å². The molecule has 0 spiro atoms. The number of nitrogens with two attached hydrogens (primary N) is 1. The lowest BCUT2D eigenvalue weighted by molar-refractivity contribution is 0.338. The summed E-state index contributed by atoms with van der Waals surface area (Å²) in [6.07, 6.45) is 5.58. The molecular weight excluding hydrogens is 248 g/mol. The zero-order chi connectivity index (χ0) is 13.8. The average Bonchev–Trinajstić information content (AvgIpc) is 2.53. The van der Waals surface area contributed by atoms with E-state index in [1.54, 1.807) is 0 Å². The van der Waals surface area contributed by atoms with Gasteiger partial charge in [0.2, 0.25) is 0 Å². The first-order valence-corrected chi connectivity index (χ1v) is 7.22. The van der Waals surface area contributed by atoms with Crippen LogP contribution in [-0.2, 0) is 6.54 Å². The molecule has 2 N–H and O–H groups in total. The van der Waals surface area contributed by atoms with E-state index in [0.29, 0.717) is 12.5 Å². The lowest BCUT2D eigenvalue weighted by atomic mass is 10.1. The van der Waals surface area contributed by atoms with E-state index < -0.39 is 0 Å². The lowest BCUT2D eigenvalue weighted by Gasteiger charge is -2.27. The molecular formula is C16H20N4. The maximum absolute atomic E-state index is 6.10. The van der Waals surface area contributed by atoms with Gasteiger partial charge >= 0.3 is 0 Å². The van der Waals surface area contributed by atoms with E-state index in [1.807, 2.05) is 30.5 Å². The number of guanidine groups is 1. The van der Waals surface area contributed by atoms with Crippen molar-refractivity contribution in [1.82, 2.24) is 9.88 Å². The Labute approximate surface area is 119 Å². The molecule has 0 bridgehead atoms. The summed E-state index contributed by atoms with van der Waals surface area (Å²) >= 11 is 0. The summed E-state index contributed by atoms with van der Waals surface area (Å²) < 4.78 is 0. The summed E-state index contributed by atoms with van der Waals surface area (Å²) in [6, 6.07) is 10.2. The van der Waals surface area contributed by atoms with Gasteiger partial charge in [0, 0.05) is 24.7 Å². The Bertz CT molecular complexity index is 609. The third-order valence-corrected chi connectivity index (χ3v) is 3.83. The summed E-state index contributed by atoms with van der Waals surface area (Å²) in [5.74, 6) is 0.672. The van der Waals surface area contributed by atoms with Crippen LogP contribution < -0.4 is 5.73 Å². The number of rotatable bonds is 2. The Balaban J connectivity index is 1.79. The van der Waals surface area contributed by atoms with Gasteiger partial charge in [0.05, 0.1) is 12.1 Å². The fourth-order valence-corrected chi connectivity index (χ4v) is 2.68. The summed E-state index contributed by atoms with van der Waals surface area (Å²) in [6.45, 7) is 2.68. The quantitative estimate of drug-likeness (QED) is 0.672. The molecule has 3 rings (SSSR count). The normalized spacial score (nSPS) is 16.6. The highest BCUT2D eigenvalue weighted by Crippen LogP contribution is 2.17. The van der Waals surface area contributed by atoms with Crippen molar-refractivity contribution in [3.8, 4) is 0 Å². The molecule has 1 aliphatic rings. The van der Waals surface area contributed by atoms with Crippen molar-refractivity contribution < 1.29 is 0 Å². The predicted molar refractivity (Wildman–Crippen MR) is 82.5 cm³/mol. The first-order valence-electron chi connectivity index (χ1n) is 7.22. The van der Waals surface area contributed by atoms with Gasteiger partial charge in [-0.15, -0.1) is 0 Å². The molecule has 2 heterocycles. The molecule has 1 aromatic carbocycles. The maximum atomic E-state index is 6.10. The summed E-state index contributed by atoms with van der Waals surface area (Å²) in [4.78, 5) is 11.1. The van der Waals surface area contributed by atoms with Crippen LogP contribution in [-0.4, -0.2) is 28.9 Å². The first kappa shape index (κ1) is 12.9. The second kappa shape index (κ2) is 5.90. The Hall–Kier alpha value is -2.10. The number of likely N-dealkylation sites (tertiary alicyclic amines) is 1. The van der Waals surface area contributed by atoms with Gasteiger partial charge in [0.15, 0.2) is 5.96 Å². The number of hydrogen-bond acceptors (Lipinski definition) is 2. The van der Waals surface area contributed by atoms with Gasteiger partial charge in [-0.25, -0.2) is 4.99 Å². The molecule has 1 saturated heterocycles. The fraction of sp³-hybridized carbons (Fsp3) is 0.375. The van der Waals surface area contributed by atoms with Crippen LogP contribution in [0, 0.1) is 0 Å². The molecule has 0 radical (unpaired) electrons. The van der Waals surface area contributed by atoms with Crippen molar-refractivity contribution in [2.45, 2.75) is 25.8 Å². The second-order valence-electron chi connectivity index (χ2n) is 5.21. The number of aromatic nitrogens is 1. The number of nitrogens with zero attached hydrogens (tertiary/aromatic N) is 3. The zero-order valence-corrected chi connectivity index (χ0v) is 11.6. The SMILES string of the molecule is NC(=NCc1ccnc2ccccc12)N1CCCCC1. The van der Waals surface area contributed by atoms with Crippen LogP contribution in [0.4, 0.5) is 0 Å². The van der Waals surface area contributed by atoms with E-state index in [1.165, 1.54) is 24.8 Å². The van der Waals surface area contributed by atoms with Crippen LogP contribution in [0.5, 0.6) is 0 Å². The summed E-state index contributed by atoms with van der Waals surface area (Å²) in [5, 5.41) is 1.16. The van der Waals surface area contributed by atoms with Gasteiger partial charge in [-0.2, -0.15) is 0 Å². The van der Waals surface area contributed by atoms with Crippen molar-refractivity contribution >= 4 is 16.9 Å². The van der Waals surface area contributed by atoms with Crippen molar-refractivity contribution in [3.05, 3.63) is 42.1 Å². The molecule has 4 nitrogen and oxygen atoms in total. The third kappa shape index (κ3) is 2.74. The summed E-state index contributed by atoms with van der Waals surface area (Å²) in [7, 11) is 0. The molecule has 1 aliphatic heterocycles. The Morgan fingerprint density at radius 2 is 1.95 bits per heavy atom. The highest BCUT2D eigenvalue weighted by molar-refractivity contribution is 5.82. The third-order valence-electron chi connectivity index (χ3n) is 3.83. The molecule has 104 valence electrons. The highest BCUT2D eigenvalue weighted by atomic mass is 15.2. The standard InChI is InChI=1S/C16H20N4/c17-16(20-10-4-1-5-11-20)19-12-13-8-9-18-15-7-3-2-6-14(13)15/h2-3,6-9H,1,4-5,10-12H2,(H2,17,19). The number of aliphatic imine (C=N–C) groups is 1. The molecule has 20 heavy (non-hydrogen) atoms. The largest absolute Gasteiger partial charge is 0.370 e. The van der Waals surface area contributed by atoms with Crippen LogP contribution in [0.2, 0.25) is 0 Å². The molecule has 0 aliphatic carbocycles. The van der Waals surface area contributed by atoms with E-state index in [9.17, 15) is 0 Å². The Kier molecular flexibility index (Phi) is 3.81. The Morgan fingerprint density at radius 1 is 1.15 bits per heavy atom. The number of para-hydroxylation sites is 1. The molecule has 2 aromatic rings. The van der Waals surface area contributed by atoms with E-state index >= 15 is 0 Å². The van der Waals surface area contributed by atoms with E-state index in [-0.39, 0.29) is 0 Å². The smallest absolute Gasteiger partial charge is 0.191 e. The van der Waals surface area contributed by atoms with E-state index in [4.69, 9.17) is 5.73 Å². The zero-order valence-electron chi connectivity index (χ0n) is 11.6. The van der Waals surface area contributed by atoms with Gasteiger partial charge in [-0.1, -0.05) is 18.2 Å². The molecule has 0 saturated carbocycles. The first-order chi connectivity index (χ1) is 9.84. The van der Waals surface area contributed by atoms with Crippen LogP contribution in [0.25, 0.3) is 10.9 Å². The minimum Gasteiger partial charge on any atom is -0.370 e. The van der Waals surface area contributed by atoms with Crippen molar-refractivity contribution in [2.75, 3.05) is 13.1 Å². The van der Waals surface area contributed by atoms with Gasteiger partial charge in [0.25, 0.3) is 0 Å². The monoisotopic (exact) mass is 268 g/mol. The average molecular weight is 268 g/mol. The summed E-state index contributed by atoms with van der Waals surface area (Å²) in [5.41, 5.74) is 8.29. The molecule has 0 amide bonds. The number of piperidine rings is 1. The van der Waals surface area contributed by atoms with Crippen LogP contribution in [0.15, 0.2) is 41.5 Å². The van der Waals surface area contributed by atoms with Crippen LogP contribution in [0.1, 0.15) is 24.8 Å². The number of fused-ring (bicyclic) bond motifs is 1. The minimum atomic E-state index is 0.616. The number of hydrogen-bond donors (Lipinski definition) is 1. The number of benzene rings is 1.